The summed E-state index contributed by atoms with van der Waals surface area (Å²) in [5.41, 5.74) is 0. The summed E-state index contributed by atoms with van der Waals surface area (Å²) >= 11 is 3.20. The van der Waals surface area contributed by atoms with Crippen molar-refractivity contribution in [2.24, 2.45) is 0 Å². The van der Waals surface area contributed by atoms with Crippen molar-refractivity contribution < 1.29 is 0 Å². The maximum atomic E-state index is 6.53. The molecule has 40 valence electrons. The Morgan fingerprint density at radius 1 is 1.75 bits per heavy atom. The molecule has 0 radical (unpaired) electrons. The van der Waals surface area contributed by atoms with E-state index in [1.54, 1.807) is 12.3 Å². The van der Waals surface area contributed by atoms with Crippen LogP contribution in [0, 0.1) is 6.57 Å². The molecule has 1 rings (SSSR count). The molecule has 2 nitrogen and oxygen atoms in total. The van der Waals surface area contributed by atoms with Crippen molar-refractivity contribution in [1.29, 1.82) is 0 Å². The van der Waals surface area contributed by atoms with Gasteiger partial charge in [-0.25, -0.2) is 0 Å². The SMILES string of the molecule is [C-]#[N+]c1cc(Br)c[nH]1. The van der Waals surface area contributed by atoms with Crippen LogP contribution in [0.15, 0.2) is 16.7 Å². The molecule has 8 heavy (non-hydrogen) atoms. The molecular weight excluding hydrogens is 168 g/mol. The molecule has 0 saturated carbocycles. The van der Waals surface area contributed by atoms with Gasteiger partial charge in [-0.15, -0.1) is 0 Å². The van der Waals surface area contributed by atoms with Gasteiger partial charge in [0, 0.05) is 4.47 Å². The largest absolute Gasteiger partial charge is 0.364 e. The number of nitrogens with one attached hydrogen (secondary N) is 1. The molecule has 0 aliphatic rings. The summed E-state index contributed by atoms with van der Waals surface area (Å²) in [6, 6.07) is 1.73. The van der Waals surface area contributed by atoms with E-state index in [9.17, 15) is 0 Å². The molecule has 1 heterocycles. The van der Waals surface area contributed by atoms with Gasteiger partial charge in [0.05, 0.1) is 6.20 Å². The highest BCUT2D eigenvalue weighted by Gasteiger charge is 1.90. The second-order valence-corrected chi connectivity index (χ2v) is 2.23. The summed E-state index contributed by atoms with van der Waals surface area (Å²) in [6.45, 7) is 6.53. The summed E-state index contributed by atoms with van der Waals surface area (Å²) < 4.78 is 0.920. The number of H-pyrrole nitrogens is 1. The van der Waals surface area contributed by atoms with Crippen molar-refractivity contribution in [2.75, 3.05) is 0 Å². The van der Waals surface area contributed by atoms with Crippen LogP contribution in [0.4, 0.5) is 5.82 Å². The molecule has 3 heteroatoms. The fraction of sp³-hybridized carbons (Fsp3) is 0. The smallest absolute Gasteiger partial charge is 0.229 e. The first-order valence-corrected chi connectivity index (χ1v) is 2.83. The summed E-state index contributed by atoms with van der Waals surface area (Å²) in [6.07, 6.45) is 1.73. The number of rotatable bonds is 0. The van der Waals surface area contributed by atoms with E-state index in [2.05, 4.69) is 25.8 Å². The van der Waals surface area contributed by atoms with Crippen LogP contribution in [0.2, 0.25) is 0 Å². The van der Waals surface area contributed by atoms with Crippen LogP contribution in [-0.2, 0) is 0 Å². The summed E-state index contributed by atoms with van der Waals surface area (Å²) in [7, 11) is 0. The van der Waals surface area contributed by atoms with Crippen LogP contribution in [0.5, 0.6) is 0 Å². The Labute approximate surface area is 55.5 Å². The van der Waals surface area contributed by atoms with E-state index in [0.29, 0.717) is 5.82 Å². The number of hydrogen-bond acceptors (Lipinski definition) is 0. The van der Waals surface area contributed by atoms with Crippen molar-refractivity contribution in [3.63, 3.8) is 0 Å². The molecule has 1 N–H and O–H groups in total. The molecule has 1 aromatic rings. The molecular formula is C5H3BrN2. The number of hydrogen-bond donors (Lipinski definition) is 1. The Morgan fingerprint density at radius 2 is 2.50 bits per heavy atom. The Bertz CT molecular complexity index is 221. The lowest BCUT2D eigenvalue weighted by molar-refractivity contribution is 1.43. The highest BCUT2D eigenvalue weighted by atomic mass is 79.9. The van der Waals surface area contributed by atoms with Crippen LogP contribution in [0.25, 0.3) is 4.85 Å². The van der Waals surface area contributed by atoms with Crippen LogP contribution in [-0.4, -0.2) is 4.98 Å². The van der Waals surface area contributed by atoms with Crippen LogP contribution in [0.1, 0.15) is 0 Å². The zero-order valence-corrected chi connectivity index (χ0v) is 5.57. The summed E-state index contributed by atoms with van der Waals surface area (Å²) in [5.74, 6) is 0.567. The maximum Gasteiger partial charge on any atom is 0.229 e. The molecule has 0 unspecified atom stereocenters. The minimum atomic E-state index is 0.567. The Hall–Kier alpha value is -0.750. The first-order valence-electron chi connectivity index (χ1n) is 2.04. The molecule has 0 spiro atoms. The summed E-state index contributed by atoms with van der Waals surface area (Å²) in [4.78, 5) is 5.91. The highest BCUT2D eigenvalue weighted by Crippen LogP contribution is 2.16. The van der Waals surface area contributed by atoms with Gasteiger partial charge >= 0.3 is 0 Å². The second kappa shape index (κ2) is 2.01. The normalized spacial score (nSPS) is 8.50. The number of aromatic nitrogens is 1. The van der Waals surface area contributed by atoms with E-state index in [4.69, 9.17) is 6.57 Å². The van der Waals surface area contributed by atoms with E-state index in [1.165, 1.54) is 0 Å². The number of halogens is 1. The molecule has 0 saturated heterocycles. The van der Waals surface area contributed by atoms with Crippen LogP contribution in [0.3, 0.4) is 0 Å². The van der Waals surface area contributed by atoms with E-state index in [-0.39, 0.29) is 0 Å². The maximum absolute atomic E-state index is 6.53. The molecule has 0 fully saturated rings. The van der Waals surface area contributed by atoms with Gasteiger partial charge in [0.1, 0.15) is 0 Å². The van der Waals surface area contributed by atoms with Crippen molar-refractivity contribution in [3.8, 4) is 0 Å². The van der Waals surface area contributed by atoms with Crippen LogP contribution >= 0.6 is 15.9 Å². The molecule has 0 aromatic carbocycles. The zero-order valence-electron chi connectivity index (χ0n) is 3.98. The van der Waals surface area contributed by atoms with Crippen molar-refractivity contribution in [3.05, 3.63) is 28.2 Å². The third-order valence-electron chi connectivity index (χ3n) is 0.753. The quantitative estimate of drug-likeness (QED) is 0.578. The highest BCUT2D eigenvalue weighted by molar-refractivity contribution is 9.10. The van der Waals surface area contributed by atoms with Gasteiger partial charge in [-0.1, -0.05) is 6.57 Å². The van der Waals surface area contributed by atoms with Crippen LogP contribution < -0.4 is 0 Å². The number of nitrogens with zero attached hydrogens (tertiary/aromatic N) is 1. The predicted molar refractivity (Wildman–Crippen MR) is 34.8 cm³/mol. The van der Waals surface area contributed by atoms with Gasteiger partial charge < -0.3 is 9.83 Å². The van der Waals surface area contributed by atoms with Crippen molar-refractivity contribution in [1.82, 2.24) is 4.98 Å². The first-order chi connectivity index (χ1) is 3.83. The Balaban J connectivity index is 3.05. The Kier molecular flexibility index (Phi) is 1.36. The third-order valence-corrected chi connectivity index (χ3v) is 1.21. The monoisotopic (exact) mass is 170 g/mol. The van der Waals surface area contributed by atoms with E-state index >= 15 is 0 Å². The molecule has 0 bridgehead atoms. The average Bonchev–Trinajstić information content (AvgIpc) is 2.14. The first kappa shape index (κ1) is 5.39. The minimum Gasteiger partial charge on any atom is -0.364 e. The van der Waals surface area contributed by atoms with Crippen molar-refractivity contribution >= 4 is 21.7 Å². The van der Waals surface area contributed by atoms with E-state index in [0.717, 1.165) is 4.47 Å². The van der Waals surface area contributed by atoms with Gasteiger partial charge in [-0.2, -0.15) is 0 Å². The molecule has 0 aliphatic carbocycles. The summed E-state index contributed by atoms with van der Waals surface area (Å²) in [5, 5.41) is 0. The zero-order chi connectivity index (χ0) is 5.98. The van der Waals surface area contributed by atoms with Crippen molar-refractivity contribution in [2.45, 2.75) is 0 Å². The van der Waals surface area contributed by atoms with Gasteiger partial charge in [-0.05, 0) is 22.0 Å². The second-order valence-electron chi connectivity index (χ2n) is 1.31. The van der Waals surface area contributed by atoms with Gasteiger partial charge in [-0.3, -0.25) is 0 Å². The minimum absolute atomic E-state index is 0.567. The molecule has 0 atom stereocenters. The predicted octanol–water partition coefficient (Wildman–Crippen LogP) is 2.33. The number of aromatic amines is 1. The van der Waals surface area contributed by atoms with E-state index < -0.39 is 0 Å². The van der Waals surface area contributed by atoms with Gasteiger partial charge in [0.25, 0.3) is 0 Å². The molecule has 0 amide bonds. The molecule has 1 aromatic heterocycles. The standard InChI is InChI=1S/C5H3BrN2/c1-7-5-2-4(6)3-8-5/h2-3,8H. The average molecular weight is 171 g/mol. The fourth-order valence-corrected chi connectivity index (χ4v) is 0.753. The Morgan fingerprint density at radius 3 is 2.75 bits per heavy atom. The molecule has 0 aliphatic heterocycles. The lowest BCUT2D eigenvalue weighted by atomic mass is 10.6. The van der Waals surface area contributed by atoms with Gasteiger partial charge in [0.2, 0.25) is 5.82 Å². The fourth-order valence-electron chi connectivity index (χ4n) is 0.421. The topological polar surface area (TPSA) is 20.1 Å². The lowest BCUT2D eigenvalue weighted by Crippen LogP contribution is -1.48. The van der Waals surface area contributed by atoms with E-state index in [1.807, 2.05) is 0 Å². The third kappa shape index (κ3) is 0.903. The van der Waals surface area contributed by atoms with Gasteiger partial charge in [0.15, 0.2) is 0 Å². The lowest BCUT2D eigenvalue weighted by Gasteiger charge is -1.72.